The van der Waals surface area contributed by atoms with Gasteiger partial charge in [-0.2, -0.15) is 0 Å². The molecule has 14 nitrogen and oxygen atoms in total. The Balaban J connectivity index is 1.15. The fraction of sp³-hybridized carbons (Fsp3) is 0.611. The number of nitrogens with zero attached hydrogens (tertiary/aromatic N) is 1. The van der Waals surface area contributed by atoms with Gasteiger partial charge in [-0.3, -0.25) is 14.4 Å². The molecule has 10 atom stereocenters. The van der Waals surface area contributed by atoms with Gasteiger partial charge in [0.25, 0.3) is 5.09 Å². The number of aliphatic hydroxyl groups excluding tert-OH is 1. The van der Waals surface area contributed by atoms with Crippen LogP contribution in [-0.2, 0) is 44.7 Å². The van der Waals surface area contributed by atoms with Crippen molar-refractivity contribution in [3.05, 3.63) is 69.3 Å². The molecule has 0 aromatic heterocycles. The number of benzene rings is 1. The fourth-order valence-electron chi connectivity index (χ4n) is 9.52. The summed E-state index contributed by atoms with van der Waals surface area (Å²) in [6.07, 6.45) is 4.40. The summed E-state index contributed by atoms with van der Waals surface area (Å²) >= 11 is 0. The van der Waals surface area contributed by atoms with Crippen molar-refractivity contribution in [3.8, 4) is 0 Å². The van der Waals surface area contributed by atoms with Gasteiger partial charge >= 0.3 is 12.1 Å². The van der Waals surface area contributed by atoms with Crippen LogP contribution in [0.5, 0.6) is 0 Å². The maximum atomic E-state index is 14.4. The van der Waals surface area contributed by atoms with Crippen molar-refractivity contribution >= 4 is 23.7 Å². The van der Waals surface area contributed by atoms with Crippen LogP contribution in [0, 0.1) is 38.7 Å². The van der Waals surface area contributed by atoms with Crippen LogP contribution < -0.4 is 0 Å². The van der Waals surface area contributed by atoms with E-state index in [1.807, 2.05) is 19.9 Å². The van der Waals surface area contributed by atoms with Crippen molar-refractivity contribution < 1.29 is 57.9 Å². The number of ether oxygens (including phenoxy) is 5. The number of allylic oxidation sites excluding steroid dienone is 4. The van der Waals surface area contributed by atoms with Crippen molar-refractivity contribution in [2.24, 2.45) is 28.6 Å². The number of carbonyl (C=O) groups excluding carboxylic acids is 4. The first-order valence-electron chi connectivity index (χ1n) is 17.1. The number of fused-ring (bicyclic) bond motifs is 7. The lowest BCUT2D eigenvalue weighted by atomic mass is 9.46. The molecule has 3 saturated carbocycles. The second-order valence-electron chi connectivity index (χ2n) is 14.4. The first kappa shape index (κ1) is 35.7. The van der Waals surface area contributed by atoms with Gasteiger partial charge in [-0.1, -0.05) is 51.0 Å². The van der Waals surface area contributed by atoms with E-state index in [-0.39, 0.29) is 35.7 Å². The summed E-state index contributed by atoms with van der Waals surface area (Å²) in [5, 5.41) is 21.1. The van der Waals surface area contributed by atoms with Crippen molar-refractivity contribution in [2.75, 3.05) is 6.61 Å². The van der Waals surface area contributed by atoms with Crippen LogP contribution in [0.25, 0.3) is 0 Å². The maximum Gasteiger partial charge on any atom is 0.510 e. The van der Waals surface area contributed by atoms with E-state index < -0.39 is 70.8 Å². The zero-order chi connectivity index (χ0) is 36.0. The molecule has 2 unspecified atom stereocenters. The summed E-state index contributed by atoms with van der Waals surface area (Å²) in [4.78, 5) is 65.9. The summed E-state index contributed by atoms with van der Waals surface area (Å²) in [7, 11) is 0. The van der Waals surface area contributed by atoms with Gasteiger partial charge in [0.1, 0.15) is 6.61 Å². The highest BCUT2D eigenvalue weighted by molar-refractivity contribution is 6.01. The molecule has 1 aromatic carbocycles. The van der Waals surface area contributed by atoms with E-state index in [0.29, 0.717) is 24.8 Å². The summed E-state index contributed by atoms with van der Waals surface area (Å²) in [6, 6.07) is 5.94. The number of hydrogen-bond donors (Lipinski definition) is 1. The number of ketones is 2. The largest absolute Gasteiger partial charge is 0.510 e. The summed E-state index contributed by atoms with van der Waals surface area (Å²) in [5.41, 5.74) is -0.997. The molecule has 0 amide bonds. The quantitative estimate of drug-likeness (QED) is 0.144. The van der Waals surface area contributed by atoms with E-state index in [1.165, 1.54) is 24.3 Å². The third kappa shape index (κ3) is 6.11. The Morgan fingerprint density at radius 2 is 1.90 bits per heavy atom. The van der Waals surface area contributed by atoms with Crippen LogP contribution in [-0.4, -0.2) is 70.9 Å². The second-order valence-corrected chi connectivity index (χ2v) is 14.4. The van der Waals surface area contributed by atoms with E-state index in [9.17, 15) is 34.4 Å². The molecule has 0 spiro atoms. The standard InChI is InChI=1S/C36H43NO13/c1-5-6-30-48-29-16-26-25-12-11-23-15-24(38)13-14-34(23,3)31(25)27(39)17-35(26,4)36(29,49-30)28(40)19-45-32(41)22-9-7-21(8-10-22)18-46-33(42)47-20(2)50-37(43)44/h7-10,13-15,20,25-27,29-31,39H,5-6,11-12,16-19H2,1-4H3/t20?,25-,26-,27-,29+,30?,31+,34-,35-,36+/m0/s1. The fourth-order valence-corrected chi connectivity index (χ4v) is 9.52. The van der Waals surface area contributed by atoms with Gasteiger partial charge < -0.3 is 28.8 Å². The van der Waals surface area contributed by atoms with Gasteiger partial charge in [-0.25, -0.2) is 9.59 Å². The SMILES string of the molecule is CCCC1O[C@@H]2C[C@H]3[C@@H]4CCC5=CC(=O)C=C[C@]5(C)[C@H]4[C@@H](O)C[C@]3(C)[C@]2(C(=O)COC(=O)c2ccc(COC(=O)OC(C)O[N+](=O)[O-])cc2)O1. The Hall–Kier alpha value is -4.14. The lowest BCUT2D eigenvalue weighted by molar-refractivity contribution is -0.777. The van der Waals surface area contributed by atoms with Crippen LogP contribution in [0.15, 0.2) is 48.1 Å². The molecule has 1 aliphatic heterocycles. The highest BCUT2D eigenvalue weighted by atomic mass is 17.0. The summed E-state index contributed by atoms with van der Waals surface area (Å²) in [5.74, 6) is -1.27. The van der Waals surface area contributed by atoms with Crippen LogP contribution in [0.4, 0.5) is 4.79 Å². The first-order valence-corrected chi connectivity index (χ1v) is 17.1. The lowest BCUT2D eigenvalue weighted by Crippen LogP contribution is -2.63. The molecule has 4 aliphatic carbocycles. The number of aliphatic hydroxyl groups is 1. The number of rotatable bonds is 11. The molecule has 50 heavy (non-hydrogen) atoms. The molecule has 4 fully saturated rings. The van der Waals surface area contributed by atoms with Crippen LogP contribution >= 0.6 is 0 Å². The minimum Gasteiger partial charge on any atom is -0.454 e. The smallest absolute Gasteiger partial charge is 0.454 e. The van der Waals surface area contributed by atoms with Gasteiger partial charge in [-0.15, -0.1) is 10.1 Å². The molecular weight excluding hydrogens is 654 g/mol. The molecule has 270 valence electrons. The zero-order valence-electron chi connectivity index (χ0n) is 28.5. The third-order valence-electron chi connectivity index (χ3n) is 11.6. The van der Waals surface area contributed by atoms with E-state index >= 15 is 0 Å². The Bertz CT molecular complexity index is 1600. The summed E-state index contributed by atoms with van der Waals surface area (Å²) in [6.45, 7) is 6.47. The predicted octanol–water partition coefficient (Wildman–Crippen LogP) is 4.79. The molecule has 1 heterocycles. The van der Waals surface area contributed by atoms with Crippen LogP contribution in [0.1, 0.15) is 82.1 Å². The van der Waals surface area contributed by atoms with Gasteiger partial charge in [0.2, 0.25) is 12.1 Å². The average Bonchev–Trinajstić information content (AvgIpc) is 3.54. The van der Waals surface area contributed by atoms with Gasteiger partial charge in [0, 0.05) is 16.7 Å². The Kier molecular flexibility index (Phi) is 9.66. The molecule has 14 heteroatoms. The highest BCUT2D eigenvalue weighted by Crippen LogP contribution is 2.69. The van der Waals surface area contributed by atoms with E-state index in [1.54, 1.807) is 12.2 Å². The zero-order valence-corrected chi connectivity index (χ0v) is 28.5. The monoisotopic (exact) mass is 697 g/mol. The van der Waals surface area contributed by atoms with Crippen molar-refractivity contribution in [2.45, 2.75) is 103 Å². The van der Waals surface area contributed by atoms with Crippen molar-refractivity contribution in [3.63, 3.8) is 0 Å². The van der Waals surface area contributed by atoms with Crippen molar-refractivity contribution in [1.82, 2.24) is 0 Å². The van der Waals surface area contributed by atoms with Gasteiger partial charge in [0.05, 0.1) is 17.8 Å². The maximum absolute atomic E-state index is 14.4. The van der Waals surface area contributed by atoms with Gasteiger partial charge in [-0.05, 0) is 80.7 Å². The van der Waals surface area contributed by atoms with E-state index in [0.717, 1.165) is 31.8 Å². The van der Waals surface area contributed by atoms with Crippen molar-refractivity contribution in [1.29, 1.82) is 0 Å². The highest BCUT2D eigenvalue weighted by Gasteiger charge is 2.75. The molecule has 1 aromatic rings. The number of esters is 1. The minimum atomic E-state index is -1.45. The minimum absolute atomic E-state index is 0.0108. The topological polar surface area (TPSA) is 187 Å². The Morgan fingerprint density at radius 3 is 2.60 bits per heavy atom. The molecule has 5 aliphatic rings. The number of hydrogen-bond acceptors (Lipinski definition) is 13. The average molecular weight is 698 g/mol. The second kappa shape index (κ2) is 13.5. The molecule has 0 radical (unpaired) electrons. The molecule has 0 bridgehead atoms. The van der Waals surface area contributed by atoms with Crippen LogP contribution in [0.2, 0.25) is 0 Å². The Morgan fingerprint density at radius 1 is 1.16 bits per heavy atom. The predicted molar refractivity (Wildman–Crippen MR) is 171 cm³/mol. The number of carbonyl (C=O) groups is 4. The van der Waals surface area contributed by atoms with E-state index in [4.69, 9.17) is 18.9 Å². The van der Waals surface area contributed by atoms with Gasteiger partial charge in [0.15, 0.2) is 24.3 Å². The normalized spacial score (nSPS) is 35.8. The third-order valence-corrected chi connectivity index (χ3v) is 11.6. The molecule has 1 saturated heterocycles. The molecule has 1 N–H and O–H groups in total. The Labute approximate surface area is 289 Å². The number of Topliss-reactive ketones (excluding diaryl/α,β-unsaturated/α-hetero) is 1. The molecular formula is C36H43NO13. The lowest BCUT2D eigenvalue weighted by Gasteiger charge is -2.59. The first-order chi connectivity index (χ1) is 23.7. The summed E-state index contributed by atoms with van der Waals surface area (Å²) < 4.78 is 28.2. The van der Waals surface area contributed by atoms with E-state index in [2.05, 4.69) is 16.5 Å². The van der Waals surface area contributed by atoms with Crippen LogP contribution in [0.3, 0.4) is 0 Å². The molecule has 6 rings (SSSR count).